The lowest BCUT2D eigenvalue weighted by atomic mass is 9.86. The zero-order valence-electron chi connectivity index (χ0n) is 15.9. The quantitative estimate of drug-likeness (QED) is 0.588. The number of aromatic nitrogens is 2. The first-order valence-corrected chi connectivity index (χ1v) is 9.81. The van der Waals surface area contributed by atoms with E-state index in [-0.39, 0.29) is 17.4 Å². The van der Waals surface area contributed by atoms with E-state index in [1.165, 1.54) is 5.56 Å². The summed E-state index contributed by atoms with van der Waals surface area (Å²) in [5.41, 5.74) is 5.73. The van der Waals surface area contributed by atoms with E-state index in [0.29, 0.717) is 5.69 Å². The third-order valence-electron chi connectivity index (χ3n) is 5.14. The van der Waals surface area contributed by atoms with Crippen LogP contribution in [0.4, 0.5) is 5.69 Å². The number of nitrogens with zero attached hydrogens (tertiary/aromatic N) is 2. The van der Waals surface area contributed by atoms with Crippen molar-refractivity contribution in [3.8, 4) is 0 Å². The molecule has 0 unspecified atom stereocenters. The molecule has 4 nitrogen and oxygen atoms in total. The third kappa shape index (κ3) is 3.00. The fourth-order valence-electron chi connectivity index (χ4n) is 3.65. The molecular formula is C22H22BrN3O. The van der Waals surface area contributed by atoms with E-state index in [4.69, 9.17) is 0 Å². The maximum absolute atomic E-state index is 13.1. The summed E-state index contributed by atoms with van der Waals surface area (Å²) >= 11 is 3.47. The van der Waals surface area contributed by atoms with E-state index in [9.17, 15) is 4.79 Å². The first kappa shape index (κ1) is 18.0. The van der Waals surface area contributed by atoms with Crippen LogP contribution in [-0.4, -0.2) is 16.1 Å². The maximum Gasteiger partial charge on any atom is 0.279 e. The summed E-state index contributed by atoms with van der Waals surface area (Å²) in [5, 5.41) is 7.26. The highest BCUT2D eigenvalue weighted by molar-refractivity contribution is 9.10. The van der Waals surface area contributed by atoms with Crippen LogP contribution in [0.2, 0.25) is 0 Å². The number of aryl methyl sites for hydroxylation is 1. The Morgan fingerprint density at radius 2 is 1.67 bits per heavy atom. The predicted octanol–water partition coefficient (Wildman–Crippen LogP) is 5.53. The Hall–Kier alpha value is -2.40. The van der Waals surface area contributed by atoms with Crippen molar-refractivity contribution >= 4 is 27.5 Å². The Balaban J connectivity index is 1.84. The second kappa shape index (κ2) is 6.34. The molecule has 0 radical (unpaired) electrons. The van der Waals surface area contributed by atoms with Crippen LogP contribution in [0.5, 0.6) is 0 Å². The largest absolute Gasteiger partial charge is 0.295 e. The number of nitrogens with one attached hydrogen (secondary N) is 1. The van der Waals surface area contributed by atoms with Crippen molar-refractivity contribution in [2.24, 2.45) is 0 Å². The highest BCUT2D eigenvalue weighted by Crippen LogP contribution is 2.42. The molecule has 138 valence electrons. The average molecular weight is 424 g/mol. The van der Waals surface area contributed by atoms with Crippen molar-refractivity contribution in [3.63, 3.8) is 0 Å². The molecule has 2 aromatic carbocycles. The van der Waals surface area contributed by atoms with Gasteiger partial charge in [-0.2, -0.15) is 5.10 Å². The predicted molar refractivity (Wildman–Crippen MR) is 111 cm³/mol. The van der Waals surface area contributed by atoms with Crippen LogP contribution in [0.15, 0.2) is 53.0 Å². The van der Waals surface area contributed by atoms with Gasteiger partial charge in [0.15, 0.2) is 5.69 Å². The lowest BCUT2D eigenvalue weighted by Gasteiger charge is -2.27. The number of hydrogen-bond acceptors (Lipinski definition) is 2. The summed E-state index contributed by atoms with van der Waals surface area (Å²) in [6, 6.07) is 16.2. The fraction of sp³-hybridized carbons (Fsp3) is 0.273. The molecule has 1 aromatic heterocycles. The summed E-state index contributed by atoms with van der Waals surface area (Å²) in [7, 11) is 0. The zero-order chi connectivity index (χ0) is 19.3. The summed E-state index contributed by atoms with van der Waals surface area (Å²) in [6.45, 7) is 8.58. The third-order valence-corrected chi connectivity index (χ3v) is 5.67. The molecule has 1 aliphatic rings. The molecule has 0 spiro atoms. The van der Waals surface area contributed by atoms with E-state index >= 15 is 0 Å². The summed E-state index contributed by atoms with van der Waals surface area (Å²) < 4.78 is 0.985. The number of carbonyl (C=O) groups is 1. The van der Waals surface area contributed by atoms with Gasteiger partial charge in [0.2, 0.25) is 0 Å². The molecule has 0 aliphatic carbocycles. The second-order valence-electron chi connectivity index (χ2n) is 8.04. The molecule has 0 saturated carbocycles. The number of halogens is 1. The van der Waals surface area contributed by atoms with Gasteiger partial charge in [-0.15, -0.1) is 0 Å². The van der Waals surface area contributed by atoms with Gasteiger partial charge in [-0.25, -0.2) is 0 Å². The molecule has 1 atom stereocenters. The van der Waals surface area contributed by atoms with E-state index in [1.807, 2.05) is 36.1 Å². The first-order valence-electron chi connectivity index (χ1n) is 9.02. The first-order chi connectivity index (χ1) is 12.8. The molecule has 0 bridgehead atoms. The van der Waals surface area contributed by atoms with E-state index in [0.717, 1.165) is 27.0 Å². The Morgan fingerprint density at radius 3 is 2.26 bits per heavy atom. The van der Waals surface area contributed by atoms with Gasteiger partial charge in [0.25, 0.3) is 5.91 Å². The zero-order valence-corrected chi connectivity index (χ0v) is 17.5. The van der Waals surface area contributed by atoms with Gasteiger partial charge < -0.3 is 0 Å². The fourth-order valence-corrected chi connectivity index (χ4v) is 3.91. The van der Waals surface area contributed by atoms with Crippen molar-refractivity contribution in [1.82, 2.24) is 10.2 Å². The highest BCUT2D eigenvalue weighted by atomic mass is 79.9. The number of benzene rings is 2. The van der Waals surface area contributed by atoms with E-state index in [2.05, 4.69) is 71.2 Å². The van der Waals surface area contributed by atoms with Crippen molar-refractivity contribution in [1.29, 1.82) is 0 Å². The van der Waals surface area contributed by atoms with Gasteiger partial charge in [-0.05, 0) is 47.7 Å². The standard InChI is InChI=1S/C22H22BrN3O/c1-13-18-19(25-24-13)21(27)26(17-11-9-16(23)10-12-17)20(18)14-5-7-15(8-6-14)22(2,3)4/h5-12,20H,1-4H3,(H,24,25)/t20-/m1/s1. The Kier molecular flexibility index (Phi) is 4.22. The number of carbonyl (C=O) groups excluding carboxylic acids is 1. The van der Waals surface area contributed by atoms with Crippen molar-refractivity contribution < 1.29 is 4.79 Å². The van der Waals surface area contributed by atoms with Crippen LogP contribution in [0, 0.1) is 6.92 Å². The minimum Gasteiger partial charge on any atom is -0.295 e. The maximum atomic E-state index is 13.1. The highest BCUT2D eigenvalue weighted by Gasteiger charge is 2.42. The van der Waals surface area contributed by atoms with Crippen LogP contribution in [-0.2, 0) is 5.41 Å². The number of rotatable bonds is 2. The van der Waals surface area contributed by atoms with Crippen molar-refractivity contribution in [2.75, 3.05) is 4.90 Å². The lowest BCUT2D eigenvalue weighted by molar-refractivity contribution is 0.0988. The molecule has 1 aliphatic heterocycles. The van der Waals surface area contributed by atoms with E-state index < -0.39 is 0 Å². The van der Waals surface area contributed by atoms with Crippen LogP contribution in [0.3, 0.4) is 0 Å². The van der Waals surface area contributed by atoms with Gasteiger partial charge in [-0.1, -0.05) is 61.0 Å². The Morgan fingerprint density at radius 1 is 1.04 bits per heavy atom. The van der Waals surface area contributed by atoms with Gasteiger partial charge in [0, 0.05) is 21.4 Å². The normalized spacial score (nSPS) is 16.7. The van der Waals surface area contributed by atoms with Gasteiger partial charge in [0.05, 0.1) is 6.04 Å². The number of anilines is 1. The molecule has 0 fully saturated rings. The molecule has 27 heavy (non-hydrogen) atoms. The van der Waals surface area contributed by atoms with Gasteiger partial charge in [0.1, 0.15) is 0 Å². The van der Waals surface area contributed by atoms with Crippen molar-refractivity contribution in [2.45, 2.75) is 39.2 Å². The molecule has 1 N–H and O–H groups in total. The van der Waals surface area contributed by atoms with E-state index in [1.54, 1.807) is 0 Å². The van der Waals surface area contributed by atoms with Gasteiger partial charge in [-0.3, -0.25) is 14.8 Å². The molecular weight excluding hydrogens is 402 g/mol. The molecule has 0 saturated heterocycles. The number of amides is 1. The molecule has 5 heteroatoms. The summed E-state index contributed by atoms with van der Waals surface area (Å²) in [6.07, 6.45) is 0. The SMILES string of the molecule is Cc1[nH]nc2c1[C@@H](c1ccc(C(C)(C)C)cc1)N(c1ccc(Br)cc1)C2=O. The topological polar surface area (TPSA) is 49.0 Å². The monoisotopic (exact) mass is 423 g/mol. The number of aromatic amines is 1. The smallest absolute Gasteiger partial charge is 0.279 e. The molecule has 3 aromatic rings. The summed E-state index contributed by atoms with van der Waals surface area (Å²) in [5.74, 6) is -0.0680. The Bertz CT molecular complexity index is 998. The van der Waals surface area contributed by atoms with Gasteiger partial charge >= 0.3 is 0 Å². The number of hydrogen-bond donors (Lipinski definition) is 1. The second-order valence-corrected chi connectivity index (χ2v) is 8.95. The average Bonchev–Trinajstić information content (AvgIpc) is 3.14. The lowest BCUT2D eigenvalue weighted by Crippen LogP contribution is -2.29. The van der Waals surface area contributed by atoms with Crippen LogP contribution < -0.4 is 4.90 Å². The van der Waals surface area contributed by atoms with Crippen LogP contribution in [0.1, 0.15) is 59.7 Å². The molecule has 4 rings (SSSR count). The Labute approximate surface area is 167 Å². The number of H-pyrrole nitrogens is 1. The molecule has 2 heterocycles. The minimum absolute atomic E-state index is 0.0680. The number of fused-ring (bicyclic) bond motifs is 1. The van der Waals surface area contributed by atoms with Crippen LogP contribution in [0.25, 0.3) is 0 Å². The minimum atomic E-state index is -0.179. The molecule has 1 amide bonds. The van der Waals surface area contributed by atoms with Crippen molar-refractivity contribution in [3.05, 3.63) is 81.1 Å². The summed E-state index contributed by atoms with van der Waals surface area (Å²) in [4.78, 5) is 15.0. The van der Waals surface area contributed by atoms with Crippen LogP contribution >= 0.6 is 15.9 Å².